The number of carbonyl (C=O) groups excluding carboxylic acids is 2. The van der Waals surface area contributed by atoms with Crippen LogP contribution in [0.25, 0.3) is 0 Å². The van der Waals surface area contributed by atoms with Crippen molar-refractivity contribution >= 4 is 11.8 Å². The molecule has 8 heteroatoms. The van der Waals surface area contributed by atoms with E-state index in [4.69, 9.17) is 11.5 Å². The van der Waals surface area contributed by atoms with E-state index in [1.54, 1.807) is 0 Å². The van der Waals surface area contributed by atoms with Gasteiger partial charge in [0.1, 0.15) is 6.04 Å². The van der Waals surface area contributed by atoms with Gasteiger partial charge in [0, 0.05) is 53.8 Å². The minimum atomic E-state index is -0.929. The molecule has 1 heterocycles. The summed E-state index contributed by atoms with van der Waals surface area (Å²) < 4.78 is 0. The topological polar surface area (TPSA) is 110 Å². The van der Waals surface area contributed by atoms with Crippen LogP contribution in [-0.2, 0) is 50.4 Å². The summed E-state index contributed by atoms with van der Waals surface area (Å²) in [6.07, 6.45) is -0.538. The van der Waals surface area contributed by atoms with Crippen molar-refractivity contribution in [3.8, 4) is 0 Å². The third kappa shape index (κ3) is 4.22. The Kier molecular flexibility index (Phi) is 8.69. The summed E-state index contributed by atoms with van der Waals surface area (Å²) in [7, 11) is 0. The molecule has 1 aliphatic rings. The average Bonchev–Trinajstić information content (AvgIpc) is 2.45. The molecule has 1 aliphatic heterocycles. The predicted molar refractivity (Wildman–Crippen MR) is 48.7 cm³/mol. The smallest absolute Gasteiger partial charge is 0.240 e. The van der Waals surface area contributed by atoms with Crippen molar-refractivity contribution < 1.29 is 55.5 Å². The molecule has 3 unspecified atom stereocenters. The number of nitrogens with two attached hydrogens (primary N) is 2. The molecule has 0 aromatic carbocycles. The van der Waals surface area contributed by atoms with Crippen LogP contribution in [0.5, 0.6) is 0 Å². The third-order valence-corrected chi connectivity index (χ3v) is 2.21. The number of primary amides is 1. The SMILES string of the molecule is [CH2-]C(N)C(=O)N1CC(O)CC1C(N)=O.[Re].[Re]. The number of hydrogen-bond acceptors (Lipinski definition) is 4. The first-order valence-electron chi connectivity index (χ1n) is 4.30. The minimum absolute atomic E-state index is 0. The van der Waals surface area contributed by atoms with Gasteiger partial charge in [0.2, 0.25) is 11.8 Å². The van der Waals surface area contributed by atoms with Gasteiger partial charge in [-0.05, 0) is 6.04 Å². The van der Waals surface area contributed by atoms with E-state index in [1.807, 2.05) is 0 Å². The first-order valence-corrected chi connectivity index (χ1v) is 4.30. The molecule has 3 atom stereocenters. The average molecular weight is 573 g/mol. The Morgan fingerprint density at radius 1 is 1.44 bits per heavy atom. The maximum absolute atomic E-state index is 11.4. The van der Waals surface area contributed by atoms with E-state index in [1.165, 1.54) is 4.90 Å². The van der Waals surface area contributed by atoms with Crippen molar-refractivity contribution in [2.45, 2.75) is 24.6 Å². The first kappa shape index (κ1) is 18.5. The van der Waals surface area contributed by atoms with E-state index < -0.39 is 30.0 Å². The minimum Gasteiger partial charge on any atom is -0.391 e. The van der Waals surface area contributed by atoms with Crippen LogP contribution in [-0.4, -0.2) is 46.6 Å². The number of aliphatic hydroxyl groups excluding tert-OH is 1. The quantitative estimate of drug-likeness (QED) is 0.321. The van der Waals surface area contributed by atoms with E-state index in [9.17, 15) is 14.7 Å². The fourth-order valence-corrected chi connectivity index (χ4v) is 1.54. The number of nitrogens with zero attached hydrogens (tertiary/aromatic N) is 1. The van der Waals surface area contributed by atoms with Crippen molar-refractivity contribution in [2.75, 3.05) is 6.54 Å². The van der Waals surface area contributed by atoms with E-state index in [0.29, 0.717) is 0 Å². The molecule has 0 aromatic rings. The number of likely N-dealkylation sites (tertiary alicyclic amines) is 1. The van der Waals surface area contributed by atoms with Crippen LogP contribution in [0.1, 0.15) is 6.42 Å². The first-order chi connectivity index (χ1) is 6.43. The molecule has 2 amide bonds. The van der Waals surface area contributed by atoms with Crippen LogP contribution in [0.2, 0.25) is 0 Å². The Hall–Kier alpha value is 0.185. The van der Waals surface area contributed by atoms with Crippen molar-refractivity contribution in [3.63, 3.8) is 0 Å². The van der Waals surface area contributed by atoms with Gasteiger partial charge in [-0.1, -0.05) is 0 Å². The fraction of sp³-hybridized carbons (Fsp3) is 0.625. The van der Waals surface area contributed by atoms with Gasteiger partial charge >= 0.3 is 0 Å². The Balaban J connectivity index is 0. The molecular formula is C8H14N3O3Re2-. The normalized spacial score (nSPS) is 25.3. The van der Waals surface area contributed by atoms with Crippen LogP contribution in [0.4, 0.5) is 0 Å². The zero-order chi connectivity index (χ0) is 10.9. The van der Waals surface area contributed by atoms with Gasteiger partial charge in [-0.15, -0.1) is 0 Å². The second-order valence-corrected chi connectivity index (χ2v) is 3.40. The number of rotatable bonds is 2. The molecule has 1 saturated heterocycles. The van der Waals surface area contributed by atoms with Crippen molar-refractivity contribution in [1.29, 1.82) is 0 Å². The molecule has 6 nitrogen and oxygen atoms in total. The van der Waals surface area contributed by atoms with Gasteiger partial charge in [0.05, 0.1) is 6.10 Å². The summed E-state index contributed by atoms with van der Waals surface area (Å²) in [6.45, 7) is 3.45. The molecule has 0 spiro atoms. The molecule has 0 aliphatic carbocycles. The van der Waals surface area contributed by atoms with Gasteiger partial charge in [0.15, 0.2) is 0 Å². The van der Waals surface area contributed by atoms with E-state index in [2.05, 4.69) is 6.92 Å². The molecule has 16 heavy (non-hydrogen) atoms. The second-order valence-electron chi connectivity index (χ2n) is 3.40. The van der Waals surface area contributed by atoms with Crippen LogP contribution >= 0.6 is 0 Å². The second kappa shape index (κ2) is 7.50. The van der Waals surface area contributed by atoms with Crippen LogP contribution in [0.3, 0.4) is 0 Å². The summed E-state index contributed by atoms with van der Waals surface area (Å²) in [5, 5.41) is 9.29. The summed E-state index contributed by atoms with van der Waals surface area (Å²) in [5.41, 5.74) is 10.4. The third-order valence-electron chi connectivity index (χ3n) is 2.21. The van der Waals surface area contributed by atoms with Gasteiger partial charge in [0.25, 0.3) is 0 Å². The Morgan fingerprint density at radius 3 is 2.31 bits per heavy atom. The Labute approximate surface area is 121 Å². The summed E-state index contributed by atoms with van der Waals surface area (Å²) in [4.78, 5) is 23.6. The van der Waals surface area contributed by atoms with Crippen LogP contribution in [0, 0.1) is 6.92 Å². The zero-order valence-electron chi connectivity index (χ0n) is 8.47. The molecule has 5 N–H and O–H groups in total. The maximum atomic E-state index is 11.4. The predicted octanol–water partition coefficient (Wildman–Crippen LogP) is -2.41. The molecule has 1 fully saturated rings. The van der Waals surface area contributed by atoms with Crippen molar-refractivity contribution in [1.82, 2.24) is 4.90 Å². The van der Waals surface area contributed by atoms with Crippen LogP contribution in [0.15, 0.2) is 0 Å². The van der Waals surface area contributed by atoms with E-state index >= 15 is 0 Å². The summed E-state index contributed by atoms with van der Waals surface area (Å²) in [6, 6.07) is -1.69. The number of amides is 2. The summed E-state index contributed by atoms with van der Waals surface area (Å²) >= 11 is 0. The van der Waals surface area contributed by atoms with E-state index in [-0.39, 0.29) is 53.8 Å². The van der Waals surface area contributed by atoms with Gasteiger partial charge < -0.3 is 28.4 Å². The number of β-amino-alcohol motifs (C(OH)–C–C–N with tert-alkyl or cyclic N) is 1. The van der Waals surface area contributed by atoms with E-state index in [0.717, 1.165) is 0 Å². The molecular weight excluding hydrogens is 559 g/mol. The zero-order valence-corrected chi connectivity index (χ0v) is 13.9. The van der Waals surface area contributed by atoms with Gasteiger partial charge in [-0.25, -0.2) is 0 Å². The van der Waals surface area contributed by atoms with Crippen LogP contribution < -0.4 is 11.5 Å². The van der Waals surface area contributed by atoms with Crippen molar-refractivity contribution in [2.24, 2.45) is 11.5 Å². The summed E-state index contributed by atoms with van der Waals surface area (Å²) in [5.74, 6) is -1.10. The Bertz CT molecular complexity index is 263. The molecule has 1 rings (SSSR count). The van der Waals surface area contributed by atoms with Gasteiger partial charge in [-0.2, -0.15) is 0 Å². The maximum Gasteiger partial charge on any atom is 0.240 e. The standard InChI is InChI=1S/C8H14N3O3.2Re/c1-4(9)8(14)11-3-5(12)2-6(11)7(10)13;;/h4-6,12H,1-3,9H2,(H2,10,13);;/q-1;;. The molecule has 0 saturated carbocycles. The van der Waals surface area contributed by atoms with Crippen molar-refractivity contribution in [3.05, 3.63) is 6.92 Å². The monoisotopic (exact) mass is 574 g/mol. The number of aliphatic hydroxyl groups is 1. The molecule has 0 aromatic heterocycles. The molecule has 0 bridgehead atoms. The fourth-order valence-electron chi connectivity index (χ4n) is 1.54. The molecule has 2 radical (unpaired) electrons. The number of hydrogen-bond donors (Lipinski definition) is 3. The van der Waals surface area contributed by atoms with Gasteiger partial charge in [-0.3, -0.25) is 9.59 Å². The largest absolute Gasteiger partial charge is 0.391 e. The molecule has 94 valence electrons. The Morgan fingerprint density at radius 2 is 1.94 bits per heavy atom. The number of carbonyl (C=O) groups is 2.